The van der Waals surface area contributed by atoms with Gasteiger partial charge in [0.2, 0.25) is 0 Å². The SMILES string of the molecule is C[C@H]1COc2c(N3CC[C@@H](C4(N)CC4)C3)c(F)c(C#N)c3cc(C(=O)O)c(=O)n1c23.O=C(O)C(F)(F)F. The summed E-state index contributed by atoms with van der Waals surface area (Å²) in [6.45, 7) is 2.94. The minimum atomic E-state index is -5.08. The number of carboxylic acids is 2. The van der Waals surface area contributed by atoms with Crippen LogP contribution >= 0.6 is 0 Å². The summed E-state index contributed by atoms with van der Waals surface area (Å²) in [7, 11) is 0. The number of anilines is 1. The molecule has 10 nitrogen and oxygen atoms in total. The average molecular weight is 526 g/mol. The normalized spacial score (nSPS) is 21.5. The zero-order valence-electron chi connectivity index (χ0n) is 19.4. The molecule has 1 aliphatic carbocycles. The number of pyridine rings is 1. The first-order valence-corrected chi connectivity index (χ1v) is 11.3. The summed E-state index contributed by atoms with van der Waals surface area (Å²) in [5.74, 6) is -4.51. The molecule has 37 heavy (non-hydrogen) atoms. The Morgan fingerprint density at radius 1 is 1.30 bits per heavy atom. The predicted octanol–water partition coefficient (Wildman–Crippen LogP) is 2.61. The van der Waals surface area contributed by atoms with Gasteiger partial charge in [-0.05, 0) is 38.2 Å². The molecule has 2 aromatic rings. The number of hydrogen-bond donors (Lipinski definition) is 3. The van der Waals surface area contributed by atoms with E-state index < -0.39 is 41.1 Å². The highest BCUT2D eigenvalue weighted by molar-refractivity contribution is 6.00. The Labute approximate surface area is 206 Å². The molecule has 1 aromatic heterocycles. The molecule has 1 saturated carbocycles. The van der Waals surface area contributed by atoms with E-state index >= 15 is 4.39 Å². The van der Waals surface area contributed by atoms with Gasteiger partial charge in [-0.25, -0.2) is 14.0 Å². The van der Waals surface area contributed by atoms with E-state index in [1.165, 1.54) is 4.57 Å². The second-order valence-corrected chi connectivity index (χ2v) is 9.41. The summed E-state index contributed by atoms with van der Waals surface area (Å²) >= 11 is 0. The molecule has 3 heterocycles. The monoisotopic (exact) mass is 526 g/mol. The maximum atomic E-state index is 15.6. The van der Waals surface area contributed by atoms with Crippen molar-refractivity contribution in [3.8, 4) is 11.8 Å². The van der Waals surface area contributed by atoms with Crippen LogP contribution < -0.4 is 20.9 Å². The van der Waals surface area contributed by atoms with E-state index in [0.29, 0.717) is 13.1 Å². The molecule has 0 bridgehead atoms. The van der Waals surface area contributed by atoms with Gasteiger partial charge in [0.05, 0.1) is 17.1 Å². The first-order valence-electron chi connectivity index (χ1n) is 11.3. The number of aliphatic carboxylic acids is 1. The van der Waals surface area contributed by atoms with Crippen molar-refractivity contribution >= 4 is 28.5 Å². The topological polar surface area (TPSA) is 159 Å². The van der Waals surface area contributed by atoms with Gasteiger partial charge >= 0.3 is 18.1 Å². The van der Waals surface area contributed by atoms with Crippen LogP contribution in [0.15, 0.2) is 10.9 Å². The number of aromatic carboxylic acids is 1. The second kappa shape index (κ2) is 8.91. The van der Waals surface area contributed by atoms with Crippen molar-refractivity contribution in [2.75, 3.05) is 24.6 Å². The van der Waals surface area contributed by atoms with E-state index in [4.69, 9.17) is 20.4 Å². The van der Waals surface area contributed by atoms with Crippen LogP contribution in [-0.4, -0.2) is 58.1 Å². The summed E-state index contributed by atoms with van der Waals surface area (Å²) in [4.78, 5) is 35.2. The molecule has 2 aliphatic heterocycles. The molecule has 1 aromatic carbocycles. The van der Waals surface area contributed by atoms with E-state index in [-0.39, 0.29) is 46.0 Å². The maximum absolute atomic E-state index is 15.6. The van der Waals surface area contributed by atoms with Crippen LogP contribution in [0.25, 0.3) is 10.9 Å². The average Bonchev–Trinajstić information content (AvgIpc) is 3.36. The number of nitrogens with two attached hydrogens (primary N) is 1. The third-order valence-corrected chi connectivity index (χ3v) is 7.00. The molecule has 3 aliphatic rings. The van der Waals surface area contributed by atoms with Crippen molar-refractivity contribution in [1.82, 2.24) is 4.57 Å². The highest BCUT2D eigenvalue weighted by Crippen LogP contribution is 2.49. The number of carbonyl (C=O) groups is 2. The van der Waals surface area contributed by atoms with Crippen LogP contribution in [0, 0.1) is 23.1 Å². The molecule has 0 spiro atoms. The van der Waals surface area contributed by atoms with Gasteiger partial charge in [-0.3, -0.25) is 9.36 Å². The Hall–Kier alpha value is -3.86. The summed E-state index contributed by atoms with van der Waals surface area (Å²) in [5.41, 5.74) is 5.13. The highest BCUT2D eigenvalue weighted by atomic mass is 19.4. The summed E-state index contributed by atoms with van der Waals surface area (Å²) in [6, 6.07) is 2.49. The lowest BCUT2D eigenvalue weighted by Gasteiger charge is -2.31. The number of rotatable bonds is 3. The number of benzene rings is 1. The number of ether oxygens (including phenoxy) is 1. The first-order chi connectivity index (χ1) is 17.2. The molecule has 2 atom stereocenters. The molecule has 198 valence electrons. The molecule has 14 heteroatoms. The Bertz CT molecular complexity index is 1410. The van der Waals surface area contributed by atoms with E-state index in [2.05, 4.69) is 0 Å². The second-order valence-electron chi connectivity index (χ2n) is 9.41. The van der Waals surface area contributed by atoms with Gasteiger partial charge in [-0.2, -0.15) is 18.4 Å². The molecule has 4 N–H and O–H groups in total. The van der Waals surface area contributed by atoms with Gasteiger partial charge in [0, 0.05) is 24.0 Å². The van der Waals surface area contributed by atoms with Gasteiger partial charge in [0.25, 0.3) is 5.56 Å². The predicted molar refractivity (Wildman–Crippen MR) is 120 cm³/mol. The van der Waals surface area contributed by atoms with Crippen LogP contribution in [0.3, 0.4) is 0 Å². The minimum Gasteiger partial charge on any atom is -0.487 e. The maximum Gasteiger partial charge on any atom is 0.490 e. The van der Waals surface area contributed by atoms with Crippen molar-refractivity contribution in [3.63, 3.8) is 0 Å². The van der Waals surface area contributed by atoms with Gasteiger partial charge < -0.3 is 25.6 Å². The smallest absolute Gasteiger partial charge is 0.487 e. The van der Waals surface area contributed by atoms with Crippen LogP contribution in [-0.2, 0) is 4.79 Å². The third kappa shape index (κ3) is 4.43. The van der Waals surface area contributed by atoms with Crippen molar-refractivity contribution in [2.45, 2.75) is 43.9 Å². The largest absolute Gasteiger partial charge is 0.490 e. The minimum absolute atomic E-state index is 0.0746. The zero-order chi connectivity index (χ0) is 27.4. The first kappa shape index (κ1) is 26.2. The highest BCUT2D eigenvalue weighted by Gasteiger charge is 2.49. The van der Waals surface area contributed by atoms with Gasteiger partial charge in [0.15, 0.2) is 11.6 Å². The number of alkyl halides is 3. The van der Waals surface area contributed by atoms with Gasteiger partial charge in [-0.15, -0.1) is 0 Å². The fraction of sp³-hybridized carbons (Fsp3) is 0.478. The van der Waals surface area contributed by atoms with Crippen LogP contribution in [0.4, 0.5) is 23.2 Å². The molecule has 5 rings (SSSR count). The van der Waals surface area contributed by atoms with Crippen molar-refractivity contribution in [3.05, 3.63) is 33.4 Å². The number of nitriles is 1. The van der Waals surface area contributed by atoms with Crippen molar-refractivity contribution in [2.24, 2.45) is 11.7 Å². The van der Waals surface area contributed by atoms with E-state index in [9.17, 15) is 33.1 Å². The molecule has 0 unspecified atom stereocenters. The molecular formula is C23H22F4N4O6. The van der Waals surface area contributed by atoms with Crippen molar-refractivity contribution in [1.29, 1.82) is 5.26 Å². The van der Waals surface area contributed by atoms with Crippen LogP contribution in [0.2, 0.25) is 0 Å². The third-order valence-electron chi connectivity index (χ3n) is 7.00. The molecule has 2 fully saturated rings. The van der Waals surface area contributed by atoms with E-state index in [1.807, 2.05) is 11.0 Å². The Morgan fingerprint density at radius 3 is 2.43 bits per heavy atom. The summed E-state index contributed by atoms with van der Waals surface area (Å²) < 4.78 is 54.6. The Balaban J connectivity index is 0.000000405. The number of hydrogen-bond acceptors (Lipinski definition) is 7. The van der Waals surface area contributed by atoms with Gasteiger partial charge in [0.1, 0.15) is 23.9 Å². The lowest BCUT2D eigenvalue weighted by Crippen LogP contribution is -2.36. The number of nitrogens with zero attached hydrogens (tertiary/aromatic N) is 3. The number of carboxylic acid groups (broad SMARTS) is 2. The van der Waals surface area contributed by atoms with Crippen LogP contribution in [0.5, 0.6) is 5.75 Å². The zero-order valence-corrected chi connectivity index (χ0v) is 19.4. The standard InChI is InChI=1S/C21H21FN4O4.C2HF3O2/c1-10-9-30-18-16-12(6-13(20(28)29)19(27)26(10)16)14(7-23)15(22)17(18)25-5-2-11(8-25)21(24)3-4-21;3-2(4,5)1(6)7/h6,10-11H,2-5,8-9,24H2,1H3,(H,28,29);(H,6,7)/t10-,11+;/m0./s1. The lowest BCUT2D eigenvalue weighted by atomic mass is 9.97. The van der Waals surface area contributed by atoms with Gasteiger partial charge in [-0.1, -0.05) is 0 Å². The van der Waals surface area contributed by atoms with E-state index in [0.717, 1.165) is 25.3 Å². The molecule has 1 saturated heterocycles. The molecule has 0 amide bonds. The number of halogens is 4. The quantitative estimate of drug-likeness (QED) is 0.511. The Morgan fingerprint density at radius 2 is 1.92 bits per heavy atom. The van der Waals surface area contributed by atoms with E-state index in [1.54, 1.807) is 6.92 Å². The fourth-order valence-corrected chi connectivity index (χ4v) is 4.87. The lowest BCUT2D eigenvalue weighted by molar-refractivity contribution is -0.192. The summed E-state index contributed by atoms with van der Waals surface area (Å²) in [6.07, 6.45) is -2.36. The number of aromatic nitrogens is 1. The molecular weight excluding hydrogens is 504 g/mol. The van der Waals surface area contributed by atoms with Crippen LogP contribution in [0.1, 0.15) is 48.1 Å². The fourth-order valence-electron chi connectivity index (χ4n) is 4.87. The Kier molecular flexibility index (Phi) is 6.31. The van der Waals surface area contributed by atoms with Crippen molar-refractivity contribution < 1.29 is 42.1 Å². The molecule has 0 radical (unpaired) electrons. The summed E-state index contributed by atoms with van der Waals surface area (Å²) in [5, 5.41) is 26.4.